The number of carboxylic acid groups (broad SMARTS) is 1. The number of aromatic carboxylic acids is 1. The van der Waals surface area contributed by atoms with Crippen molar-refractivity contribution in [2.75, 3.05) is 6.61 Å². The number of hydrogen-bond donors (Lipinski definition) is 1. The first-order chi connectivity index (χ1) is 14.6. The molecule has 0 amide bonds. The summed E-state index contributed by atoms with van der Waals surface area (Å²) >= 11 is 6.18. The zero-order valence-corrected chi connectivity index (χ0v) is 19.6. The Morgan fingerprint density at radius 1 is 1.29 bits per heavy atom. The van der Waals surface area contributed by atoms with E-state index < -0.39 is 14.0 Å². The second-order valence-corrected chi connectivity index (χ2v) is 14.8. The standard InChI is InChI=1S/C21H24ClN5O3Si/c1-26-17-6-5-13(22)9-14(17)18(25-26)16-10-23-20-19(24-16)15(21(28)29)11-27(20)12-30-7-8-31(2,3)4/h5-6,9-11H,7-8,12H2,1-4H3,(H,28,29). The maximum Gasteiger partial charge on any atom is 0.339 e. The molecule has 3 heterocycles. The molecule has 0 aliphatic heterocycles. The number of ether oxygens (including phenoxy) is 1. The SMILES string of the molecule is Cn1nc(-c2cnc3c(n2)c(C(=O)O)cn3COCC[Si](C)(C)C)c2cc(Cl)ccc21. The normalized spacial score (nSPS) is 12.2. The molecule has 0 radical (unpaired) electrons. The van der Waals surface area contributed by atoms with E-state index in [1.54, 1.807) is 21.5 Å². The number of aromatic nitrogens is 5. The minimum absolute atomic E-state index is 0.0800. The van der Waals surface area contributed by atoms with Crippen molar-refractivity contribution in [3.05, 3.63) is 41.2 Å². The van der Waals surface area contributed by atoms with Gasteiger partial charge in [0.2, 0.25) is 0 Å². The molecule has 162 valence electrons. The van der Waals surface area contributed by atoms with Gasteiger partial charge in [0.05, 0.1) is 11.7 Å². The number of carbonyl (C=O) groups is 1. The van der Waals surface area contributed by atoms with Crippen LogP contribution < -0.4 is 0 Å². The summed E-state index contributed by atoms with van der Waals surface area (Å²) in [7, 11) is 0.630. The van der Waals surface area contributed by atoms with Gasteiger partial charge < -0.3 is 14.4 Å². The van der Waals surface area contributed by atoms with Crippen LogP contribution in [-0.4, -0.2) is 50.1 Å². The summed E-state index contributed by atoms with van der Waals surface area (Å²) in [5.74, 6) is -1.06. The van der Waals surface area contributed by atoms with Crippen LogP contribution in [0.1, 0.15) is 10.4 Å². The van der Waals surface area contributed by atoms with Gasteiger partial charge in [-0.3, -0.25) is 4.68 Å². The fourth-order valence-electron chi connectivity index (χ4n) is 3.39. The Hall–Kier alpha value is -2.75. The van der Waals surface area contributed by atoms with Crippen molar-refractivity contribution in [1.29, 1.82) is 0 Å². The number of halogens is 1. The molecule has 0 aliphatic carbocycles. The molecule has 10 heteroatoms. The van der Waals surface area contributed by atoms with E-state index >= 15 is 0 Å². The highest BCUT2D eigenvalue weighted by molar-refractivity contribution is 6.76. The maximum absolute atomic E-state index is 11.8. The van der Waals surface area contributed by atoms with E-state index in [1.165, 1.54) is 6.20 Å². The smallest absolute Gasteiger partial charge is 0.339 e. The lowest BCUT2D eigenvalue weighted by molar-refractivity contribution is 0.0696. The Morgan fingerprint density at radius 3 is 2.77 bits per heavy atom. The number of hydrogen-bond acceptors (Lipinski definition) is 5. The molecule has 0 spiro atoms. The Labute approximate surface area is 185 Å². The summed E-state index contributed by atoms with van der Waals surface area (Å²) in [6, 6.07) is 6.54. The third-order valence-electron chi connectivity index (χ3n) is 5.08. The van der Waals surface area contributed by atoms with Gasteiger partial charge in [0, 0.05) is 38.3 Å². The monoisotopic (exact) mass is 457 g/mol. The van der Waals surface area contributed by atoms with Crippen LogP contribution in [0.2, 0.25) is 30.7 Å². The van der Waals surface area contributed by atoms with Crippen LogP contribution in [-0.2, 0) is 18.5 Å². The summed E-state index contributed by atoms with van der Waals surface area (Å²) < 4.78 is 9.22. The summed E-state index contributed by atoms with van der Waals surface area (Å²) in [5.41, 5.74) is 2.83. The molecule has 8 nitrogen and oxygen atoms in total. The summed E-state index contributed by atoms with van der Waals surface area (Å²) in [6.07, 6.45) is 3.13. The van der Waals surface area contributed by atoms with Gasteiger partial charge in [0.25, 0.3) is 0 Å². The molecule has 3 aromatic heterocycles. The summed E-state index contributed by atoms with van der Waals surface area (Å²) in [5, 5.41) is 15.7. The van der Waals surface area contributed by atoms with Crippen molar-refractivity contribution in [1.82, 2.24) is 24.3 Å². The minimum Gasteiger partial charge on any atom is -0.478 e. The van der Waals surface area contributed by atoms with E-state index in [4.69, 9.17) is 16.3 Å². The van der Waals surface area contributed by atoms with Gasteiger partial charge in [-0.2, -0.15) is 5.10 Å². The van der Waals surface area contributed by atoms with Crippen molar-refractivity contribution in [3.63, 3.8) is 0 Å². The van der Waals surface area contributed by atoms with Crippen LogP contribution in [0.4, 0.5) is 0 Å². The van der Waals surface area contributed by atoms with Crippen molar-refractivity contribution in [3.8, 4) is 11.4 Å². The third kappa shape index (κ3) is 4.34. The molecular weight excluding hydrogens is 434 g/mol. The molecule has 0 saturated heterocycles. The van der Waals surface area contributed by atoms with E-state index in [1.807, 2.05) is 19.2 Å². The Bertz CT molecular complexity index is 1290. The molecule has 4 aromatic rings. The third-order valence-corrected chi connectivity index (χ3v) is 7.02. The molecule has 0 atom stereocenters. The number of aryl methyl sites for hydroxylation is 1. The lowest BCUT2D eigenvalue weighted by Crippen LogP contribution is -2.22. The topological polar surface area (TPSA) is 95.1 Å². The highest BCUT2D eigenvalue weighted by Gasteiger charge is 2.20. The molecule has 0 aliphatic rings. The molecule has 4 rings (SSSR count). The van der Waals surface area contributed by atoms with Gasteiger partial charge in [-0.1, -0.05) is 31.2 Å². The first-order valence-corrected chi connectivity index (χ1v) is 14.0. The number of carboxylic acids is 1. The van der Waals surface area contributed by atoms with E-state index in [9.17, 15) is 9.90 Å². The van der Waals surface area contributed by atoms with E-state index in [0.717, 1.165) is 16.9 Å². The van der Waals surface area contributed by atoms with E-state index in [2.05, 4.69) is 34.7 Å². The lowest BCUT2D eigenvalue weighted by Gasteiger charge is -2.15. The highest BCUT2D eigenvalue weighted by atomic mass is 35.5. The van der Waals surface area contributed by atoms with Gasteiger partial charge in [-0.25, -0.2) is 14.8 Å². The fraction of sp³-hybridized carbons (Fsp3) is 0.333. The first-order valence-electron chi connectivity index (χ1n) is 9.93. The molecule has 1 aromatic carbocycles. The van der Waals surface area contributed by atoms with Crippen LogP contribution in [0, 0.1) is 0 Å². The predicted octanol–water partition coefficient (Wildman–Crippen LogP) is 4.65. The van der Waals surface area contributed by atoms with Crippen molar-refractivity contribution in [2.24, 2.45) is 7.05 Å². The highest BCUT2D eigenvalue weighted by Crippen LogP contribution is 2.30. The fourth-order valence-corrected chi connectivity index (χ4v) is 4.32. The van der Waals surface area contributed by atoms with E-state index in [0.29, 0.717) is 34.2 Å². The molecule has 0 unspecified atom stereocenters. The van der Waals surface area contributed by atoms with Gasteiger partial charge in [0.1, 0.15) is 29.2 Å². The Kier molecular flexibility index (Phi) is 5.59. The molecule has 1 N–H and O–H groups in total. The molecule has 0 bridgehead atoms. The Balaban J connectivity index is 1.73. The van der Waals surface area contributed by atoms with Gasteiger partial charge in [-0.05, 0) is 24.2 Å². The molecule has 0 saturated carbocycles. The van der Waals surface area contributed by atoms with E-state index in [-0.39, 0.29) is 12.3 Å². The first kappa shape index (κ1) is 21.5. The number of benzene rings is 1. The second-order valence-electron chi connectivity index (χ2n) is 8.73. The van der Waals surface area contributed by atoms with Crippen molar-refractivity contribution in [2.45, 2.75) is 32.4 Å². The Morgan fingerprint density at radius 2 is 2.06 bits per heavy atom. The average molecular weight is 458 g/mol. The minimum atomic E-state index is -1.21. The number of nitrogens with zero attached hydrogens (tertiary/aromatic N) is 5. The second kappa shape index (κ2) is 8.06. The van der Waals surface area contributed by atoms with Crippen LogP contribution in [0.5, 0.6) is 0 Å². The number of fused-ring (bicyclic) bond motifs is 2. The lowest BCUT2D eigenvalue weighted by atomic mass is 10.1. The van der Waals surface area contributed by atoms with Crippen LogP contribution in [0.3, 0.4) is 0 Å². The zero-order valence-electron chi connectivity index (χ0n) is 17.9. The van der Waals surface area contributed by atoms with Crippen LogP contribution in [0.25, 0.3) is 33.5 Å². The quantitative estimate of drug-likeness (QED) is 0.320. The molecule has 0 fully saturated rings. The number of rotatable bonds is 7. The van der Waals surface area contributed by atoms with Gasteiger partial charge in [-0.15, -0.1) is 0 Å². The van der Waals surface area contributed by atoms with Crippen LogP contribution in [0.15, 0.2) is 30.6 Å². The van der Waals surface area contributed by atoms with Crippen LogP contribution >= 0.6 is 11.6 Å². The van der Waals surface area contributed by atoms with Crippen molar-refractivity contribution >= 4 is 47.7 Å². The maximum atomic E-state index is 11.8. The summed E-state index contributed by atoms with van der Waals surface area (Å²) in [6.45, 7) is 7.71. The molecule has 31 heavy (non-hydrogen) atoms. The summed E-state index contributed by atoms with van der Waals surface area (Å²) in [4.78, 5) is 21.0. The average Bonchev–Trinajstić information content (AvgIpc) is 3.22. The predicted molar refractivity (Wildman–Crippen MR) is 123 cm³/mol. The molecular formula is C21H24ClN5O3Si. The van der Waals surface area contributed by atoms with Crippen molar-refractivity contribution < 1.29 is 14.6 Å². The van der Waals surface area contributed by atoms with Gasteiger partial charge in [0.15, 0.2) is 5.65 Å². The van der Waals surface area contributed by atoms with Gasteiger partial charge >= 0.3 is 5.97 Å². The largest absolute Gasteiger partial charge is 0.478 e. The zero-order chi connectivity index (χ0) is 22.3.